The second-order valence-corrected chi connectivity index (χ2v) is 9.52. The molecule has 4 aromatic carbocycles. The molecule has 0 aliphatic carbocycles. The normalized spacial score (nSPS) is 12.3. The Kier molecular flexibility index (Phi) is 10.2. The Morgan fingerprint density at radius 3 is 1.66 bits per heavy atom. The number of rotatable bonds is 13. The van der Waals surface area contributed by atoms with Crippen LogP contribution in [0, 0.1) is 0 Å². The molecule has 0 bridgehead atoms. The number of hydrogen-bond acceptors (Lipinski definition) is 7. The van der Waals surface area contributed by atoms with Gasteiger partial charge in [-0.25, -0.2) is 0 Å². The van der Waals surface area contributed by atoms with E-state index >= 15 is 0 Å². The number of benzene rings is 4. The Morgan fingerprint density at radius 2 is 1.20 bits per heavy atom. The van der Waals surface area contributed by atoms with Crippen LogP contribution in [-0.2, 0) is 22.6 Å². The number of methoxy groups -OCH3 is 5. The van der Waals surface area contributed by atoms with Gasteiger partial charge in [0.15, 0.2) is 11.5 Å². The van der Waals surface area contributed by atoms with Crippen molar-refractivity contribution in [2.75, 3.05) is 35.5 Å². The number of esters is 1. The highest BCUT2D eigenvalue weighted by Crippen LogP contribution is 2.46. The Balaban J connectivity index is 1.96. The van der Waals surface area contributed by atoms with Crippen molar-refractivity contribution >= 4 is 5.97 Å². The van der Waals surface area contributed by atoms with Crippen molar-refractivity contribution < 1.29 is 28.5 Å². The standard InChI is InChI=1S/C34H37NO6/c1-37-27-18-16-26(17-19-27)30(28-20-21-29(38-2)33(40-4)32(28)39-3)31(34(36)41-5)35(22-24-12-8-6-9-13-24)23-25-14-10-7-11-15-25/h6-21,30-31H,22-23H2,1-5H3/t30-,31-/m0/s1. The summed E-state index contributed by atoms with van der Waals surface area (Å²) in [4.78, 5) is 16.1. The first-order valence-corrected chi connectivity index (χ1v) is 13.4. The Bertz CT molecular complexity index is 1350. The van der Waals surface area contributed by atoms with Crippen LogP contribution in [-0.4, -0.2) is 52.5 Å². The summed E-state index contributed by atoms with van der Waals surface area (Å²) in [6.45, 7) is 1.02. The fraction of sp³-hybridized carbons (Fsp3) is 0.265. The zero-order valence-corrected chi connectivity index (χ0v) is 24.2. The molecule has 214 valence electrons. The third-order valence-electron chi connectivity index (χ3n) is 7.15. The molecule has 7 nitrogen and oxygen atoms in total. The first-order chi connectivity index (χ1) is 20.0. The van der Waals surface area contributed by atoms with Gasteiger partial charge in [0.1, 0.15) is 11.8 Å². The summed E-state index contributed by atoms with van der Waals surface area (Å²) in [6, 6.07) is 31.0. The van der Waals surface area contributed by atoms with Gasteiger partial charge in [0.05, 0.1) is 35.5 Å². The molecule has 7 heteroatoms. The van der Waals surface area contributed by atoms with Gasteiger partial charge in [-0.3, -0.25) is 9.69 Å². The Hall–Kier alpha value is -4.49. The molecule has 0 saturated heterocycles. The molecule has 0 spiro atoms. The zero-order chi connectivity index (χ0) is 29.2. The Labute approximate surface area is 242 Å². The molecule has 0 aromatic heterocycles. The predicted octanol–water partition coefficient (Wildman–Crippen LogP) is 6.10. The van der Waals surface area contributed by atoms with E-state index in [2.05, 4.69) is 29.2 Å². The van der Waals surface area contributed by atoms with Gasteiger partial charge in [0, 0.05) is 24.6 Å². The van der Waals surface area contributed by atoms with Gasteiger partial charge in [-0.1, -0.05) is 78.9 Å². The first-order valence-electron chi connectivity index (χ1n) is 13.4. The lowest BCUT2D eigenvalue weighted by molar-refractivity contribution is -0.148. The molecule has 0 aliphatic heterocycles. The fourth-order valence-corrected chi connectivity index (χ4v) is 5.22. The summed E-state index contributed by atoms with van der Waals surface area (Å²) in [5, 5.41) is 0. The van der Waals surface area contributed by atoms with Crippen molar-refractivity contribution in [3.8, 4) is 23.0 Å². The van der Waals surface area contributed by atoms with Crippen LogP contribution in [0.2, 0.25) is 0 Å². The summed E-state index contributed by atoms with van der Waals surface area (Å²) < 4.78 is 28.2. The SMILES string of the molecule is COC(=O)[C@H]([C@@H](c1ccc(OC)cc1)c1ccc(OC)c(OC)c1OC)N(Cc1ccccc1)Cc1ccccc1. The van der Waals surface area contributed by atoms with Crippen molar-refractivity contribution in [2.24, 2.45) is 0 Å². The Morgan fingerprint density at radius 1 is 0.634 bits per heavy atom. The minimum Gasteiger partial charge on any atom is -0.497 e. The third-order valence-corrected chi connectivity index (χ3v) is 7.15. The van der Waals surface area contributed by atoms with Crippen LogP contribution in [0.4, 0.5) is 0 Å². The van der Waals surface area contributed by atoms with Crippen LogP contribution in [0.3, 0.4) is 0 Å². The first kappa shape index (κ1) is 29.5. The highest BCUT2D eigenvalue weighted by Gasteiger charge is 2.39. The molecule has 4 aromatic rings. The topological polar surface area (TPSA) is 66.5 Å². The maximum atomic E-state index is 13.9. The van der Waals surface area contributed by atoms with Crippen LogP contribution in [0.5, 0.6) is 23.0 Å². The number of ether oxygens (including phenoxy) is 5. The summed E-state index contributed by atoms with van der Waals surface area (Å²) in [5.74, 6) is 1.31. The molecule has 0 heterocycles. The van der Waals surface area contributed by atoms with Gasteiger partial charge in [0.2, 0.25) is 5.75 Å². The molecule has 0 aliphatic rings. The second kappa shape index (κ2) is 14.2. The van der Waals surface area contributed by atoms with E-state index in [9.17, 15) is 4.79 Å². The smallest absolute Gasteiger partial charge is 0.324 e. The molecular weight excluding hydrogens is 518 g/mol. The lowest BCUT2D eigenvalue weighted by Crippen LogP contribution is -2.45. The third kappa shape index (κ3) is 6.81. The molecule has 0 radical (unpaired) electrons. The number of nitrogens with zero attached hydrogens (tertiary/aromatic N) is 1. The molecular formula is C34H37NO6. The van der Waals surface area contributed by atoms with Gasteiger partial charge in [-0.2, -0.15) is 0 Å². The lowest BCUT2D eigenvalue weighted by Gasteiger charge is -2.36. The molecule has 0 N–H and O–H groups in total. The number of carbonyl (C=O) groups is 1. The monoisotopic (exact) mass is 555 g/mol. The van der Waals surface area contributed by atoms with Gasteiger partial charge in [-0.15, -0.1) is 0 Å². The highest BCUT2D eigenvalue weighted by atomic mass is 16.5. The van der Waals surface area contributed by atoms with Crippen molar-refractivity contribution in [2.45, 2.75) is 25.0 Å². The fourth-order valence-electron chi connectivity index (χ4n) is 5.22. The summed E-state index contributed by atoms with van der Waals surface area (Å²) in [7, 11) is 7.79. The maximum Gasteiger partial charge on any atom is 0.324 e. The molecule has 2 atom stereocenters. The largest absolute Gasteiger partial charge is 0.497 e. The van der Waals surface area contributed by atoms with E-state index < -0.39 is 12.0 Å². The van der Waals surface area contributed by atoms with Gasteiger partial charge < -0.3 is 23.7 Å². The molecule has 4 rings (SSSR count). The van der Waals surface area contributed by atoms with E-state index in [4.69, 9.17) is 23.7 Å². The van der Waals surface area contributed by atoms with E-state index in [1.165, 1.54) is 7.11 Å². The minimum absolute atomic E-state index is 0.366. The molecule has 0 fully saturated rings. The highest BCUT2D eigenvalue weighted by molar-refractivity contribution is 5.79. The predicted molar refractivity (Wildman–Crippen MR) is 159 cm³/mol. The van der Waals surface area contributed by atoms with E-state index in [1.54, 1.807) is 28.4 Å². The van der Waals surface area contributed by atoms with Crippen LogP contribution in [0.1, 0.15) is 28.2 Å². The van der Waals surface area contributed by atoms with Crippen molar-refractivity contribution in [3.05, 3.63) is 119 Å². The van der Waals surface area contributed by atoms with Gasteiger partial charge in [-0.05, 0) is 34.9 Å². The summed E-state index contributed by atoms with van der Waals surface area (Å²) in [5.41, 5.74) is 3.80. The van der Waals surface area contributed by atoms with Crippen LogP contribution in [0.15, 0.2) is 97.1 Å². The van der Waals surface area contributed by atoms with Gasteiger partial charge in [0.25, 0.3) is 0 Å². The number of hydrogen-bond donors (Lipinski definition) is 0. The lowest BCUT2D eigenvalue weighted by atomic mass is 9.82. The van der Waals surface area contributed by atoms with Crippen molar-refractivity contribution in [1.82, 2.24) is 4.90 Å². The summed E-state index contributed by atoms with van der Waals surface area (Å²) in [6.07, 6.45) is 0. The van der Waals surface area contributed by atoms with Gasteiger partial charge >= 0.3 is 5.97 Å². The van der Waals surface area contributed by atoms with Crippen molar-refractivity contribution in [3.63, 3.8) is 0 Å². The quantitative estimate of drug-likeness (QED) is 0.185. The van der Waals surface area contributed by atoms with E-state index in [0.717, 1.165) is 22.3 Å². The average Bonchev–Trinajstić information content (AvgIpc) is 3.03. The average molecular weight is 556 g/mol. The van der Waals surface area contributed by atoms with E-state index in [0.29, 0.717) is 36.1 Å². The zero-order valence-electron chi connectivity index (χ0n) is 24.2. The van der Waals surface area contributed by atoms with Crippen molar-refractivity contribution in [1.29, 1.82) is 0 Å². The molecule has 41 heavy (non-hydrogen) atoms. The minimum atomic E-state index is -0.735. The second-order valence-electron chi connectivity index (χ2n) is 9.52. The number of carbonyl (C=O) groups excluding carboxylic acids is 1. The molecule has 0 saturated carbocycles. The van der Waals surface area contributed by atoms with Crippen LogP contribution < -0.4 is 18.9 Å². The van der Waals surface area contributed by atoms with Crippen LogP contribution in [0.25, 0.3) is 0 Å². The summed E-state index contributed by atoms with van der Waals surface area (Å²) >= 11 is 0. The van der Waals surface area contributed by atoms with E-state index in [1.807, 2.05) is 72.8 Å². The maximum absolute atomic E-state index is 13.9. The molecule has 0 unspecified atom stereocenters. The molecule has 0 amide bonds. The van der Waals surface area contributed by atoms with Crippen LogP contribution >= 0.6 is 0 Å². The van der Waals surface area contributed by atoms with E-state index in [-0.39, 0.29) is 5.97 Å².